The number of aryl methyl sites for hydroxylation is 1. The Kier molecular flexibility index (Phi) is 4.53. The van der Waals surface area contributed by atoms with E-state index in [2.05, 4.69) is 10.4 Å². The number of carbonyl (C=O) groups is 2. The van der Waals surface area contributed by atoms with Crippen LogP contribution in [-0.4, -0.2) is 26.8 Å². The van der Waals surface area contributed by atoms with Crippen LogP contribution in [0.15, 0.2) is 39.9 Å². The van der Waals surface area contributed by atoms with E-state index in [9.17, 15) is 18.8 Å². The Labute approximate surface area is 145 Å². The van der Waals surface area contributed by atoms with Crippen molar-refractivity contribution in [3.05, 3.63) is 63.5 Å². The molecule has 0 aliphatic heterocycles. The molecule has 0 saturated carbocycles. The molecule has 0 aliphatic rings. The minimum absolute atomic E-state index is 0.0572. The Hall–Kier alpha value is -3.49. The molecule has 0 bridgehead atoms. The summed E-state index contributed by atoms with van der Waals surface area (Å²) in [6, 6.07) is 4.05. The zero-order valence-corrected chi connectivity index (χ0v) is 13.7. The molecule has 26 heavy (non-hydrogen) atoms. The van der Waals surface area contributed by atoms with Crippen molar-refractivity contribution in [3.63, 3.8) is 0 Å². The van der Waals surface area contributed by atoms with E-state index >= 15 is 0 Å². The zero-order chi connectivity index (χ0) is 18.8. The smallest absolute Gasteiger partial charge is 0.341 e. The second-order valence-electron chi connectivity index (χ2n) is 5.65. The lowest BCUT2D eigenvalue weighted by atomic mass is 10.1. The highest BCUT2D eigenvalue weighted by Gasteiger charge is 2.17. The molecule has 2 N–H and O–H groups in total. The summed E-state index contributed by atoms with van der Waals surface area (Å²) in [7, 11) is 0. The van der Waals surface area contributed by atoms with Gasteiger partial charge in [-0.15, -0.1) is 0 Å². The van der Waals surface area contributed by atoms with Gasteiger partial charge in [-0.3, -0.25) is 9.59 Å². The minimum Gasteiger partial charge on any atom is -0.477 e. The molecule has 2 heterocycles. The Morgan fingerprint density at radius 2 is 2.15 bits per heavy atom. The Morgan fingerprint density at radius 3 is 2.88 bits per heavy atom. The molecular weight excluding hydrogens is 345 g/mol. The third kappa shape index (κ3) is 3.32. The predicted molar refractivity (Wildman–Crippen MR) is 88.2 cm³/mol. The van der Waals surface area contributed by atoms with Gasteiger partial charge in [0.2, 0.25) is 5.91 Å². The van der Waals surface area contributed by atoms with Crippen LogP contribution in [0, 0.1) is 12.7 Å². The number of hydrogen-bond donors (Lipinski definition) is 2. The SMILES string of the molecule is Cc1cnn(CC(=O)NCc2coc3ccc(F)cc23)c(=O)c1C(=O)O. The molecule has 3 aromatic rings. The normalized spacial score (nSPS) is 10.8. The molecule has 0 atom stereocenters. The van der Waals surface area contributed by atoms with Crippen molar-refractivity contribution in [2.75, 3.05) is 0 Å². The number of hydrogen-bond acceptors (Lipinski definition) is 5. The Balaban J connectivity index is 1.73. The van der Waals surface area contributed by atoms with Crippen molar-refractivity contribution < 1.29 is 23.5 Å². The van der Waals surface area contributed by atoms with Gasteiger partial charge in [0, 0.05) is 17.5 Å². The highest BCUT2D eigenvalue weighted by molar-refractivity contribution is 5.88. The lowest BCUT2D eigenvalue weighted by Gasteiger charge is -2.08. The topological polar surface area (TPSA) is 114 Å². The van der Waals surface area contributed by atoms with Gasteiger partial charge >= 0.3 is 5.97 Å². The van der Waals surface area contributed by atoms with Crippen LogP contribution in [0.1, 0.15) is 21.5 Å². The quantitative estimate of drug-likeness (QED) is 0.713. The number of benzene rings is 1. The molecule has 1 aromatic carbocycles. The second kappa shape index (κ2) is 6.79. The lowest BCUT2D eigenvalue weighted by Crippen LogP contribution is -2.36. The summed E-state index contributed by atoms with van der Waals surface area (Å²) >= 11 is 0. The summed E-state index contributed by atoms with van der Waals surface area (Å²) in [5, 5.41) is 16.0. The van der Waals surface area contributed by atoms with Crippen molar-refractivity contribution >= 4 is 22.8 Å². The first kappa shape index (κ1) is 17.3. The van der Waals surface area contributed by atoms with Crippen molar-refractivity contribution in [1.29, 1.82) is 0 Å². The van der Waals surface area contributed by atoms with Gasteiger partial charge < -0.3 is 14.8 Å². The van der Waals surface area contributed by atoms with E-state index in [0.29, 0.717) is 16.5 Å². The zero-order valence-electron chi connectivity index (χ0n) is 13.7. The van der Waals surface area contributed by atoms with E-state index < -0.39 is 35.4 Å². The third-order valence-electron chi connectivity index (χ3n) is 3.83. The number of nitrogens with one attached hydrogen (secondary N) is 1. The predicted octanol–water partition coefficient (Wildman–Crippen LogP) is 1.45. The number of amides is 1. The lowest BCUT2D eigenvalue weighted by molar-refractivity contribution is -0.122. The fourth-order valence-corrected chi connectivity index (χ4v) is 2.52. The molecule has 0 spiro atoms. The molecule has 9 heteroatoms. The first-order valence-corrected chi connectivity index (χ1v) is 7.59. The Morgan fingerprint density at radius 1 is 1.38 bits per heavy atom. The average molecular weight is 359 g/mol. The molecule has 2 aromatic heterocycles. The van der Waals surface area contributed by atoms with E-state index in [1.165, 1.54) is 37.6 Å². The fourth-order valence-electron chi connectivity index (χ4n) is 2.52. The molecule has 1 amide bonds. The summed E-state index contributed by atoms with van der Waals surface area (Å²) in [5.74, 6) is -2.36. The molecule has 8 nitrogen and oxygen atoms in total. The average Bonchev–Trinajstić information content (AvgIpc) is 2.97. The van der Waals surface area contributed by atoms with E-state index in [1.807, 2.05) is 0 Å². The van der Waals surface area contributed by atoms with Crippen LogP contribution < -0.4 is 10.9 Å². The first-order chi connectivity index (χ1) is 12.4. The van der Waals surface area contributed by atoms with Gasteiger partial charge in [-0.1, -0.05) is 0 Å². The number of nitrogens with zero attached hydrogens (tertiary/aromatic N) is 2. The molecule has 0 radical (unpaired) electrons. The molecular formula is C17H14FN3O5. The van der Waals surface area contributed by atoms with E-state index in [1.54, 1.807) is 0 Å². The van der Waals surface area contributed by atoms with Gasteiger partial charge in [0.05, 0.1) is 12.5 Å². The highest BCUT2D eigenvalue weighted by Crippen LogP contribution is 2.21. The maximum atomic E-state index is 13.3. The number of furan rings is 1. The van der Waals surface area contributed by atoms with Crippen molar-refractivity contribution in [3.8, 4) is 0 Å². The van der Waals surface area contributed by atoms with Gasteiger partial charge in [-0.05, 0) is 30.7 Å². The van der Waals surface area contributed by atoms with E-state index in [4.69, 9.17) is 9.52 Å². The number of carboxylic acid groups (broad SMARTS) is 1. The van der Waals surface area contributed by atoms with Gasteiger partial charge in [-0.2, -0.15) is 5.10 Å². The van der Waals surface area contributed by atoms with Crippen LogP contribution in [0.4, 0.5) is 4.39 Å². The molecule has 134 valence electrons. The standard InChI is InChI=1S/C17H14FN3O5/c1-9-5-20-21(16(23)15(9)17(24)25)7-14(22)19-6-10-8-26-13-3-2-11(18)4-12(10)13/h2-5,8H,6-7H2,1H3,(H,19,22)(H,24,25). The van der Waals surface area contributed by atoms with Crippen LogP contribution in [0.25, 0.3) is 11.0 Å². The monoisotopic (exact) mass is 359 g/mol. The summed E-state index contributed by atoms with van der Waals surface area (Å²) in [6.07, 6.45) is 2.62. The second-order valence-corrected chi connectivity index (χ2v) is 5.65. The summed E-state index contributed by atoms with van der Waals surface area (Å²) in [5.41, 5.74) is -0.0138. The van der Waals surface area contributed by atoms with Gasteiger partial charge in [0.1, 0.15) is 23.5 Å². The first-order valence-electron chi connectivity index (χ1n) is 7.59. The summed E-state index contributed by atoms with van der Waals surface area (Å²) < 4.78 is 19.4. The van der Waals surface area contributed by atoms with Gasteiger partial charge in [0.25, 0.3) is 5.56 Å². The van der Waals surface area contributed by atoms with Crippen LogP contribution in [0.2, 0.25) is 0 Å². The van der Waals surface area contributed by atoms with Crippen LogP contribution in [-0.2, 0) is 17.9 Å². The van der Waals surface area contributed by atoms with Crippen LogP contribution in [0.5, 0.6) is 0 Å². The largest absolute Gasteiger partial charge is 0.477 e. The molecule has 0 aliphatic carbocycles. The number of halogens is 1. The summed E-state index contributed by atoms with van der Waals surface area (Å²) in [4.78, 5) is 35.3. The Bertz CT molecular complexity index is 1070. The van der Waals surface area contributed by atoms with Gasteiger partial charge in [-0.25, -0.2) is 13.9 Å². The molecule has 0 saturated heterocycles. The molecule has 0 fully saturated rings. The molecule has 0 unspecified atom stereocenters. The van der Waals surface area contributed by atoms with Crippen LogP contribution in [0.3, 0.4) is 0 Å². The number of fused-ring (bicyclic) bond motifs is 1. The van der Waals surface area contributed by atoms with Crippen molar-refractivity contribution in [2.24, 2.45) is 0 Å². The number of carboxylic acids is 1. The van der Waals surface area contributed by atoms with E-state index in [0.717, 1.165) is 4.68 Å². The van der Waals surface area contributed by atoms with Crippen molar-refractivity contribution in [1.82, 2.24) is 15.1 Å². The molecule has 3 rings (SSSR count). The minimum atomic E-state index is -1.38. The fraction of sp³-hybridized carbons (Fsp3) is 0.176. The van der Waals surface area contributed by atoms with Crippen LogP contribution >= 0.6 is 0 Å². The summed E-state index contributed by atoms with van der Waals surface area (Å²) in [6.45, 7) is 1.07. The van der Waals surface area contributed by atoms with E-state index in [-0.39, 0.29) is 12.1 Å². The maximum absolute atomic E-state index is 13.3. The van der Waals surface area contributed by atoms with Crippen molar-refractivity contribution in [2.45, 2.75) is 20.0 Å². The number of carbonyl (C=O) groups excluding carboxylic acids is 1. The number of aromatic carboxylic acids is 1. The third-order valence-corrected chi connectivity index (χ3v) is 3.83. The maximum Gasteiger partial charge on any atom is 0.341 e. The highest BCUT2D eigenvalue weighted by atomic mass is 19.1. The van der Waals surface area contributed by atoms with Gasteiger partial charge in [0.15, 0.2) is 0 Å². The number of aromatic nitrogens is 2. The number of rotatable bonds is 5.